The van der Waals surface area contributed by atoms with Gasteiger partial charge in [-0.3, -0.25) is 4.79 Å². The number of aromatic nitrogens is 2. The van der Waals surface area contributed by atoms with Crippen LogP contribution in [0, 0.1) is 5.95 Å². The van der Waals surface area contributed by atoms with Crippen LogP contribution in [-0.2, 0) is 16.1 Å². The Morgan fingerprint density at radius 2 is 2.29 bits per heavy atom. The number of H-pyrrole nitrogens is 1. The monoisotopic (exact) mass is 403 g/mol. The maximum absolute atomic E-state index is 14.0. The third-order valence-electron chi connectivity index (χ3n) is 4.75. The number of nitrogens with one attached hydrogen (secondary N) is 2. The molecule has 1 amide bonds. The number of amides is 1. The Balaban J connectivity index is 1.56. The minimum absolute atomic E-state index is 0.0742. The number of nitrogens with zero attached hydrogens (tertiary/aromatic N) is 1. The highest BCUT2D eigenvalue weighted by Crippen LogP contribution is 2.32. The first-order chi connectivity index (χ1) is 13.5. The number of fused-ring (bicyclic) bond motifs is 1. The molecule has 1 atom stereocenters. The van der Waals surface area contributed by atoms with E-state index in [1.807, 2.05) is 12.1 Å². The predicted molar refractivity (Wildman–Crippen MR) is 104 cm³/mol. The molecule has 2 N–H and O–H groups in total. The van der Waals surface area contributed by atoms with E-state index in [1.54, 1.807) is 12.1 Å². The molecule has 28 heavy (non-hydrogen) atoms. The first kappa shape index (κ1) is 18.7. The van der Waals surface area contributed by atoms with Gasteiger partial charge in [-0.2, -0.15) is 4.39 Å². The highest BCUT2D eigenvalue weighted by Gasteiger charge is 2.23. The lowest BCUT2D eigenvalue weighted by molar-refractivity contribution is -0.130. The molecule has 0 spiro atoms. The SMILES string of the molecule is COc1ccc(-c2cc3[nH]c(CNC(=O)[C@H]4CCCO4)cc3cc2Cl)nc1F. The lowest BCUT2D eigenvalue weighted by atomic mass is 10.1. The maximum atomic E-state index is 14.0. The van der Waals surface area contributed by atoms with Crippen LogP contribution in [-0.4, -0.2) is 35.7 Å². The van der Waals surface area contributed by atoms with Gasteiger partial charge in [0.25, 0.3) is 5.95 Å². The van der Waals surface area contributed by atoms with Crippen molar-refractivity contribution in [2.75, 3.05) is 13.7 Å². The van der Waals surface area contributed by atoms with Gasteiger partial charge in [0.15, 0.2) is 5.75 Å². The molecule has 0 unspecified atom stereocenters. The molecule has 1 saturated heterocycles. The van der Waals surface area contributed by atoms with Gasteiger partial charge in [-0.05, 0) is 43.2 Å². The lowest BCUT2D eigenvalue weighted by Crippen LogP contribution is -2.33. The summed E-state index contributed by atoms with van der Waals surface area (Å²) in [4.78, 5) is 19.3. The number of halogens is 2. The molecule has 1 aromatic carbocycles. The standard InChI is InChI=1S/C20H19ClFN3O3/c1-27-17-5-4-15(25-19(17)22)13-9-16-11(8-14(13)21)7-12(24-16)10-23-20(26)18-3-2-6-28-18/h4-5,7-9,18,24H,2-3,6,10H2,1H3,(H,23,26)/t18-/m1/s1. The summed E-state index contributed by atoms with van der Waals surface area (Å²) in [5.74, 6) is -0.724. The molecule has 0 saturated carbocycles. The van der Waals surface area contributed by atoms with Crippen molar-refractivity contribution < 1.29 is 18.7 Å². The van der Waals surface area contributed by atoms with Gasteiger partial charge in [0.1, 0.15) is 6.10 Å². The molecular weight excluding hydrogens is 385 g/mol. The van der Waals surface area contributed by atoms with Gasteiger partial charge in [-0.15, -0.1) is 0 Å². The van der Waals surface area contributed by atoms with Gasteiger partial charge < -0.3 is 19.8 Å². The molecule has 0 radical (unpaired) electrons. The van der Waals surface area contributed by atoms with E-state index in [4.69, 9.17) is 21.1 Å². The van der Waals surface area contributed by atoms with Crippen LogP contribution in [0.2, 0.25) is 5.02 Å². The van der Waals surface area contributed by atoms with Crippen LogP contribution in [0.15, 0.2) is 30.3 Å². The predicted octanol–water partition coefficient (Wildman–Crippen LogP) is 3.83. The van der Waals surface area contributed by atoms with Crippen LogP contribution in [0.5, 0.6) is 5.75 Å². The first-order valence-corrected chi connectivity index (χ1v) is 9.34. The maximum Gasteiger partial charge on any atom is 0.255 e. The fourth-order valence-electron chi connectivity index (χ4n) is 3.31. The van der Waals surface area contributed by atoms with E-state index in [-0.39, 0.29) is 17.8 Å². The molecule has 0 bridgehead atoms. The smallest absolute Gasteiger partial charge is 0.255 e. The van der Waals surface area contributed by atoms with Crippen LogP contribution in [0.3, 0.4) is 0 Å². The molecule has 3 aromatic rings. The number of rotatable bonds is 5. The topological polar surface area (TPSA) is 76.2 Å². The zero-order valence-corrected chi connectivity index (χ0v) is 16.0. The summed E-state index contributed by atoms with van der Waals surface area (Å²) < 4.78 is 24.2. The minimum Gasteiger partial charge on any atom is -0.492 e. The Morgan fingerprint density at radius 1 is 1.43 bits per heavy atom. The number of hydrogen-bond acceptors (Lipinski definition) is 4. The van der Waals surface area contributed by atoms with Crippen molar-refractivity contribution in [3.8, 4) is 17.0 Å². The molecule has 8 heteroatoms. The van der Waals surface area contributed by atoms with E-state index in [0.29, 0.717) is 29.4 Å². The third kappa shape index (κ3) is 3.68. The van der Waals surface area contributed by atoms with Crippen molar-refractivity contribution in [2.24, 2.45) is 0 Å². The van der Waals surface area contributed by atoms with Gasteiger partial charge in [0, 0.05) is 28.8 Å². The van der Waals surface area contributed by atoms with Crippen LogP contribution in [0.25, 0.3) is 22.2 Å². The largest absolute Gasteiger partial charge is 0.492 e. The summed E-state index contributed by atoms with van der Waals surface area (Å²) in [5.41, 5.74) is 2.67. The van der Waals surface area contributed by atoms with Crippen molar-refractivity contribution in [3.63, 3.8) is 0 Å². The van der Waals surface area contributed by atoms with E-state index in [2.05, 4.69) is 15.3 Å². The van der Waals surface area contributed by atoms with Crippen molar-refractivity contribution >= 4 is 28.4 Å². The van der Waals surface area contributed by atoms with Gasteiger partial charge in [0.2, 0.25) is 5.91 Å². The van der Waals surface area contributed by atoms with Gasteiger partial charge in [-0.1, -0.05) is 11.6 Å². The molecule has 6 nitrogen and oxygen atoms in total. The number of aromatic amines is 1. The summed E-state index contributed by atoms with van der Waals surface area (Å²) in [7, 11) is 1.39. The summed E-state index contributed by atoms with van der Waals surface area (Å²) in [5, 5.41) is 4.23. The Bertz CT molecular complexity index is 1030. The molecule has 4 rings (SSSR count). The number of ether oxygens (including phenoxy) is 2. The third-order valence-corrected chi connectivity index (χ3v) is 5.06. The second-order valence-corrected chi connectivity index (χ2v) is 7.03. The molecule has 1 aliphatic rings. The number of benzene rings is 1. The summed E-state index contributed by atoms with van der Waals surface area (Å²) in [6.45, 7) is 0.988. The molecule has 2 aromatic heterocycles. The van der Waals surface area contributed by atoms with E-state index in [1.165, 1.54) is 13.2 Å². The lowest BCUT2D eigenvalue weighted by Gasteiger charge is -2.09. The summed E-state index contributed by atoms with van der Waals surface area (Å²) in [6.07, 6.45) is 1.30. The number of carbonyl (C=O) groups excluding carboxylic acids is 1. The normalized spacial score (nSPS) is 16.5. The van der Waals surface area contributed by atoms with E-state index in [0.717, 1.165) is 29.4 Å². The van der Waals surface area contributed by atoms with Crippen LogP contribution in [0.4, 0.5) is 4.39 Å². The van der Waals surface area contributed by atoms with E-state index >= 15 is 0 Å². The van der Waals surface area contributed by atoms with Gasteiger partial charge >= 0.3 is 0 Å². The quantitative estimate of drug-likeness (QED) is 0.635. The highest BCUT2D eigenvalue weighted by molar-refractivity contribution is 6.34. The number of hydrogen-bond donors (Lipinski definition) is 2. The van der Waals surface area contributed by atoms with Gasteiger partial charge in [0.05, 0.1) is 24.4 Å². The Hall–Kier alpha value is -2.64. The van der Waals surface area contributed by atoms with Gasteiger partial charge in [-0.25, -0.2) is 4.98 Å². The second kappa shape index (κ2) is 7.77. The van der Waals surface area contributed by atoms with Crippen molar-refractivity contribution in [1.29, 1.82) is 0 Å². The fourth-order valence-corrected chi connectivity index (χ4v) is 3.58. The first-order valence-electron chi connectivity index (χ1n) is 8.96. The van der Waals surface area contributed by atoms with Crippen molar-refractivity contribution in [2.45, 2.75) is 25.5 Å². The second-order valence-electron chi connectivity index (χ2n) is 6.62. The van der Waals surface area contributed by atoms with Crippen LogP contribution in [0.1, 0.15) is 18.5 Å². The number of carbonyl (C=O) groups is 1. The Kier molecular flexibility index (Phi) is 5.19. The molecular formula is C20H19ClFN3O3. The van der Waals surface area contributed by atoms with Crippen molar-refractivity contribution in [3.05, 3.63) is 47.0 Å². The zero-order chi connectivity index (χ0) is 19.7. The van der Waals surface area contributed by atoms with Crippen LogP contribution < -0.4 is 10.1 Å². The fraction of sp³-hybridized carbons (Fsp3) is 0.300. The number of methoxy groups -OCH3 is 1. The molecule has 3 heterocycles. The zero-order valence-electron chi connectivity index (χ0n) is 15.2. The van der Waals surface area contributed by atoms with E-state index in [9.17, 15) is 9.18 Å². The van der Waals surface area contributed by atoms with Crippen LogP contribution >= 0.6 is 11.6 Å². The highest BCUT2D eigenvalue weighted by atomic mass is 35.5. The number of pyridine rings is 1. The average Bonchev–Trinajstić information content (AvgIpc) is 3.35. The molecule has 1 aliphatic heterocycles. The van der Waals surface area contributed by atoms with E-state index < -0.39 is 5.95 Å². The molecule has 0 aliphatic carbocycles. The summed E-state index contributed by atoms with van der Waals surface area (Å²) >= 11 is 6.39. The Labute approximate surface area is 166 Å². The average molecular weight is 404 g/mol. The molecule has 1 fully saturated rings. The van der Waals surface area contributed by atoms with Crippen molar-refractivity contribution in [1.82, 2.24) is 15.3 Å². The summed E-state index contributed by atoms with van der Waals surface area (Å²) in [6, 6.07) is 8.69. The molecule has 146 valence electrons. The Morgan fingerprint density at radius 3 is 3.00 bits per heavy atom. The minimum atomic E-state index is -0.694.